The maximum Gasteiger partial charge on any atom is 0.418 e. The number of hydrogen-bond donors (Lipinski definition) is 2. The van der Waals surface area contributed by atoms with E-state index in [0.29, 0.717) is 61.7 Å². The van der Waals surface area contributed by atoms with E-state index >= 15 is 0 Å². The van der Waals surface area contributed by atoms with Gasteiger partial charge in [0.1, 0.15) is 5.75 Å². The quantitative estimate of drug-likeness (QED) is 0.0887. The molecule has 0 saturated carbocycles. The Balaban J connectivity index is 0.966. The van der Waals surface area contributed by atoms with Crippen LogP contribution in [0.15, 0.2) is 125 Å². The molecule has 6 aromatic rings. The third kappa shape index (κ3) is 9.58. The fourth-order valence-corrected chi connectivity index (χ4v) is 8.43. The SMILES string of the molecule is CCOc1cncc(-c2ccc(C(=O)N3CCN(c4ccc(C(=O)NS(=O)(=O)c5ccc(NCCSc6ccccc6)c(C(F)(F)F)c5)nn4)CC3)c3ccccc23)c1. The van der Waals surface area contributed by atoms with Crippen molar-refractivity contribution in [3.05, 3.63) is 132 Å². The highest BCUT2D eigenvalue weighted by Crippen LogP contribution is 2.37. The highest BCUT2D eigenvalue weighted by Gasteiger charge is 2.35. The van der Waals surface area contributed by atoms with Gasteiger partial charge in [0.25, 0.3) is 21.8 Å². The van der Waals surface area contributed by atoms with E-state index in [0.717, 1.165) is 38.9 Å². The molecule has 2 N–H and O–H groups in total. The van der Waals surface area contributed by atoms with Crippen LogP contribution in [0.2, 0.25) is 0 Å². The van der Waals surface area contributed by atoms with E-state index in [9.17, 15) is 31.2 Å². The summed E-state index contributed by atoms with van der Waals surface area (Å²) >= 11 is 1.46. The Labute approximate surface area is 342 Å². The van der Waals surface area contributed by atoms with Crippen LogP contribution >= 0.6 is 11.8 Å². The number of aromatic nitrogens is 3. The standard InChI is InChI=1S/C42H38F3N7O5S2/c1-2-57-29-24-28(26-46-27-29)32-13-14-35(34-11-7-6-10-33(32)34)41(54)52-21-19-51(20-22-52)39-17-16-38(48-49-39)40(53)50-59(55,56)31-12-15-37(36(25-31)42(43,44)45)47-18-23-58-30-8-4-3-5-9-30/h3-17,24-27,47H,2,18-23H2,1H3,(H,50,53). The minimum Gasteiger partial charge on any atom is -0.492 e. The molecular formula is C42H38F3N7O5S2. The van der Waals surface area contributed by atoms with E-state index in [1.54, 1.807) is 22.0 Å². The summed E-state index contributed by atoms with van der Waals surface area (Å²) in [7, 11) is -4.73. The summed E-state index contributed by atoms with van der Waals surface area (Å²) in [5, 5.41) is 12.4. The zero-order chi connectivity index (χ0) is 41.6. The smallest absolute Gasteiger partial charge is 0.418 e. The Hall–Kier alpha value is -6.20. The minimum absolute atomic E-state index is 0.126. The number of nitrogens with one attached hydrogen (secondary N) is 2. The number of amides is 2. The number of rotatable bonds is 13. The van der Waals surface area contributed by atoms with Crippen molar-refractivity contribution in [1.82, 2.24) is 24.8 Å². The highest BCUT2D eigenvalue weighted by molar-refractivity contribution is 7.99. The predicted octanol–water partition coefficient (Wildman–Crippen LogP) is 7.39. The molecule has 2 aromatic heterocycles. The van der Waals surface area contributed by atoms with Crippen LogP contribution in [0.1, 0.15) is 33.3 Å². The van der Waals surface area contributed by atoms with Crippen molar-refractivity contribution in [1.29, 1.82) is 0 Å². The fourth-order valence-electron chi connectivity index (χ4n) is 6.66. The summed E-state index contributed by atoms with van der Waals surface area (Å²) < 4.78 is 75.7. The number of anilines is 2. The van der Waals surface area contributed by atoms with Crippen molar-refractivity contribution in [3.63, 3.8) is 0 Å². The number of sulfonamides is 1. The molecular weight excluding hydrogens is 804 g/mol. The third-order valence-electron chi connectivity index (χ3n) is 9.53. The van der Waals surface area contributed by atoms with Gasteiger partial charge >= 0.3 is 6.18 Å². The molecule has 0 atom stereocenters. The molecule has 0 unspecified atom stereocenters. The van der Waals surface area contributed by atoms with E-state index < -0.39 is 32.6 Å². The number of piperazine rings is 1. The Morgan fingerprint density at radius 3 is 2.31 bits per heavy atom. The van der Waals surface area contributed by atoms with Crippen LogP contribution in [0, 0.1) is 0 Å². The number of carbonyl (C=O) groups is 2. The maximum absolute atomic E-state index is 14.0. The second-order valence-electron chi connectivity index (χ2n) is 13.3. The Bertz CT molecular complexity index is 2570. The lowest BCUT2D eigenvalue weighted by atomic mass is 9.95. The summed E-state index contributed by atoms with van der Waals surface area (Å²) in [4.78, 5) is 35.0. The number of nitrogens with zero attached hydrogens (tertiary/aromatic N) is 5. The van der Waals surface area contributed by atoms with Gasteiger partial charge in [0, 0.05) is 66.4 Å². The first-order valence-corrected chi connectivity index (χ1v) is 21.1. The third-order valence-corrected chi connectivity index (χ3v) is 11.9. The molecule has 1 aliphatic rings. The van der Waals surface area contributed by atoms with E-state index in [1.807, 2.05) is 84.6 Å². The van der Waals surface area contributed by atoms with Crippen LogP contribution in [-0.4, -0.2) is 85.4 Å². The van der Waals surface area contributed by atoms with E-state index in [4.69, 9.17) is 4.74 Å². The predicted molar refractivity (Wildman–Crippen MR) is 220 cm³/mol. The summed E-state index contributed by atoms with van der Waals surface area (Å²) in [5.41, 5.74) is 0.525. The number of thioether (sulfide) groups is 1. The first-order valence-electron chi connectivity index (χ1n) is 18.6. The molecule has 4 aromatic carbocycles. The normalized spacial score (nSPS) is 13.3. The van der Waals surface area contributed by atoms with Crippen molar-refractivity contribution < 1.29 is 35.9 Å². The number of benzene rings is 4. The Morgan fingerprint density at radius 1 is 0.847 bits per heavy atom. The summed E-state index contributed by atoms with van der Waals surface area (Å²) in [6, 6.07) is 28.0. The van der Waals surface area contributed by atoms with Crippen LogP contribution in [0.25, 0.3) is 21.9 Å². The van der Waals surface area contributed by atoms with Gasteiger partial charge in [0.2, 0.25) is 0 Å². The van der Waals surface area contributed by atoms with Gasteiger partial charge in [-0.1, -0.05) is 48.5 Å². The first-order chi connectivity index (χ1) is 28.4. The number of pyridine rings is 1. The molecule has 1 aliphatic heterocycles. The van der Waals surface area contributed by atoms with Crippen molar-refractivity contribution in [2.75, 3.05) is 55.3 Å². The van der Waals surface area contributed by atoms with Crippen LogP contribution in [0.3, 0.4) is 0 Å². The number of ether oxygens (including phenoxy) is 1. The lowest BCUT2D eigenvalue weighted by Gasteiger charge is -2.35. The zero-order valence-electron chi connectivity index (χ0n) is 31.6. The minimum atomic E-state index is -4.87. The van der Waals surface area contributed by atoms with Crippen molar-refractivity contribution >= 4 is 55.9 Å². The zero-order valence-corrected chi connectivity index (χ0v) is 33.3. The van der Waals surface area contributed by atoms with Crippen LogP contribution < -0.4 is 19.7 Å². The summed E-state index contributed by atoms with van der Waals surface area (Å²) in [5.74, 6) is 0.229. The van der Waals surface area contributed by atoms with Crippen LogP contribution in [0.4, 0.5) is 24.7 Å². The van der Waals surface area contributed by atoms with Crippen LogP contribution in [-0.2, 0) is 16.2 Å². The molecule has 3 heterocycles. The number of alkyl halides is 3. The molecule has 0 spiro atoms. The van der Waals surface area contributed by atoms with Gasteiger partial charge in [-0.25, -0.2) is 13.1 Å². The molecule has 304 valence electrons. The van der Waals surface area contributed by atoms with E-state index in [1.165, 1.54) is 23.9 Å². The Kier molecular flexibility index (Phi) is 12.3. The van der Waals surface area contributed by atoms with E-state index in [2.05, 4.69) is 20.5 Å². The van der Waals surface area contributed by atoms with Gasteiger partial charge in [-0.3, -0.25) is 14.6 Å². The average Bonchev–Trinajstić information content (AvgIpc) is 3.25. The summed E-state index contributed by atoms with van der Waals surface area (Å²) in [6.45, 7) is 4.16. The monoisotopic (exact) mass is 841 g/mol. The highest BCUT2D eigenvalue weighted by atomic mass is 32.2. The van der Waals surface area contributed by atoms with Gasteiger partial charge in [-0.2, -0.15) is 13.2 Å². The lowest BCUT2D eigenvalue weighted by Crippen LogP contribution is -2.49. The molecule has 2 amide bonds. The molecule has 0 bridgehead atoms. The molecule has 59 heavy (non-hydrogen) atoms. The van der Waals surface area contributed by atoms with Gasteiger partial charge in [-0.05, 0) is 77.9 Å². The second kappa shape index (κ2) is 17.7. The second-order valence-corrected chi connectivity index (χ2v) is 16.2. The molecule has 1 fully saturated rings. The van der Waals surface area contributed by atoms with Crippen molar-refractivity contribution in [3.8, 4) is 16.9 Å². The average molecular weight is 842 g/mol. The number of halogens is 3. The largest absolute Gasteiger partial charge is 0.492 e. The molecule has 17 heteroatoms. The number of fused-ring (bicyclic) bond motifs is 1. The number of hydrogen-bond acceptors (Lipinski definition) is 11. The molecule has 1 saturated heterocycles. The number of carbonyl (C=O) groups excluding carboxylic acids is 2. The maximum atomic E-state index is 14.0. The molecule has 0 radical (unpaired) electrons. The van der Waals surface area contributed by atoms with Crippen LogP contribution in [0.5, 0.6) is 5.75 Å². The van der Waals surface area contributed by atoms with Gasteiger partial charge in [0.05, 0.1) is 23.3 Å². The van der Waals surface area contributed by atoms with Gasteiger partial charge < -0.3 is 19.9 Å². The Morgan fingerprint density at radius 2 is 1.59 bits per heavy atom. The molecule has 7 rings (SSSR count). The van der Waals surface area contributed by atoms with Gasteiger partial charge in [-0.15, -0.1) is 22.0 Å². The van der Waals surface area contributed by atoms with Crippen molar-refractivity contribution in [2.45, 2.75) is 22.9 Å². The fraction of sp³-hybridized carbons (Fsp3) is 0.214. The summed E-state index contributed by atoms with van der Waals surface area (Å²) in [6.07, 6.45) is -1.45. The van der Waals surface area contributed by atoms with E-state index in [-0.39, 0.29) is 23.8 Å². The molecule has 12 nitrogen and oxygen atoms in total. The van der Waals surface area contributed by atoms with Gasteiger partial charge in [0.15, 0.2) is 11.5 Å². The first kappa shape index (κ1) is 41.0. The van der Waals surface area contributed by atoms with Crippen molar-refractivity contribution in [2.24, 2.45) is 0 Å². The lowest BCUT2D eigenvalue weighted by molar-refractivity contribution is -0.137. The molecule has 0 aliphatic carbocycles. The topological polar surface area (TPSA) is 147 Å².